The van der Waals surface area contributed by atoms with E-state index >= 15 is 0 Å². The molecule has 1 aromatic heterocycles. The molecule has 0 aliphatic carbocycles. The number of nitrogens with one attached hydrogen (secondary N) is 1. The summed E-state index contributed by atoms with van der Waals surface area (Å²) in [5.41, 5.74) is -1.58. The number of anilines is 1. The summed E-state index contributed by atoms with van der Waals surface area (Å²) < 4.78 is 39.1. The third-order valence-corrected chi connectivity index (χ3v) is 3.79. The largest absolute Gasteiger partial charge is 0.401 e. The summed E-state index contributed by atoms with van der Waals surface area (Å²) in [4.78, 5) is 25.1. The first-order valence-corrected chi connectivity index (χ1v) is 6.90. The van der Waals surface area contributed by atoms with E-state index in [1.165, 1.54) is 19.0 Å². The number of nitrogens with zero attached hydrogens (tertiary/aromatic N) is 4. The van der Waals surface area contributed by atoms with Crippen LogP contribution in [0.25, 0.3) is 0 Å². The molecule has 10 heteroatoms. The molecule has 7 nitrogen and oxygen atoms in total. The van der Waals surface area contributed by atoms with Crippen LogP contribution in [0.2, 0.25) is 0 Å². The molecule has 1 N–H and O–H groups in total. The van der Waals surface area contributed by atoms with Gasteiger partial charge in [-0.2, -0.15) is 18.4 Å². The molecule has 2 heterocycles. The molecule has 0 aromatic carbocycles. The van der Waals surface area contributed by atoms with Crippen LogP contribution in [-0.4, -0.2) is 45.9 Å². The molecule has 2 rings (SSSR count). The number of hydrogen-bond donors (Lipinski definition) is 1. The molecule has 1 aromatic rings. The van der Waals surface area contributed by atoms with Crippen molar-refractivity contribution in [2.24, 2.45) is 14.1 Å². The first kappa shape index (κ1) is 17.1. The highest BCUT2D eigenvalue weighted by molar-refractivity contribution is 5.52. The molecule has 23 heavy (non-hydrogen) atoms. The van der Waals surface area contributed by atoms with Gasteiger partial charge in [0.1, 0.15) is 11.9 Å². The van der Waals surface area contributed by atoms with Crippen LogP contribution in [0.5, 0.6) is 0 Å². The summed E-state index contributed by atoms with van der Waals surface area (Å²) in [5, 5.41) is 12.0. The Morgan fingerprint density at radius 1 is 1.30 bits per heavy atom. The molecule has 1 fully saturated rings. The van der Waals surface area contributed by atoms with E-state index in [2.05, 4.69) is 5.32 Å². The van der Waals surface area contributed by atoms with E-state index in [-0.39, 0.29) is 30.5 Å². The lowest BCUT2D eigenvalue weighted by atomic mass is 10.2. The molecule has 126 valence electrons. The number of rotatable bonds is 3. The average Bonchev–Trinajstić information content (AvgIpc) is 2.88. The summed E-state index contributed by atoms with van der Waals surface area (Å²) in [6, 6.07) is 1.37. The zero-order valence-electron chi connectivity index (χ0n) is 12.6. The summed E-state index contributed by atoms with van der Waals surface area (Å²) in [5.74, 6) is 0.0412. The van der Waals surface area contributed by atoms with Gasteiger partial charge < -0.3 is 5.32 Å². The van der Waals surface area contributed by atoms with Gasteiger partial charge in [0.15, 0.2) is 5.56 Å². The minimum absolute atomic E-state index is 0.0412. The normalized spacial score (nSPS) is 18.9. The van der Waals surface area contributed by atoms with Crippen molar-refractivity contribution in [2.75, 3.05) is 25.0 Å². The molecule has 0 unspecified atom stereocenters. The van der Waals surface area contributed by atoms with Crippen molar-refractivity contribution < 1.29 is 13.2 Å². The Morgan fingerprint density at radius 2 is 1.96 bits per heavy atom. The monoisotopic (exact) mass is 331 g/mol. The van der Waals surface area contributed by atoms with E-state index < -0.39 is 24.0 Å². The number of hydrogen-bond acceptors (Lipinski definition) is 5. The average molecular weight is 331 g/mol. The molecule has 1 aliphatic heterocycles. The highest BCUT2D eigenvalue weighted by atomic mass is 19.4. The Labute approximate surface area is 129 Å². The predicted molar refractivity (Wildman–Crippen MR) is 76.2 cm³/mol. The summed E-state index contributed by atoms with van der Waals surface area (Å²) in [7, 11) is 2.66. The van der Waals surface area contributed by atoms with Gasteiger partial charge in [-0.1, -0.05) is 0 Å². The standard InChI is InChI=1S/C13H16F3N5O2/c1-19-10(9(5-17)11(22)20(2)12(19)23)18-8-3-4-21(6-8)7-13(14,15)16/h8,18H,3-4,6-7H2,1-2H3/t8-/m0/s1. The first-order valence-electron chi connectivity index (χ1n) is 6.90. The van der Waals surface area contributed by atoms with Gasteiger partial charge in [0, 0.05) is 33.2 Å². The SMILES string of the molecule is Cn1c(N[C@H]2CCN(CC(F)(F)F)C2)c(C#N)c(=O)n(C)c1=O. The van der Waals surface area contributed by atoms with Crippen molar-refractivity contribution in [3.05, 3.63) is 26.4 Å². The Kier molecular flexibility index (Phi) is 4.51. The lowest BCUT2D eigenvalue weighted by Crippen LogP contribution is -2.41. The van der Waals surface area contributed by atoms with Gasteiger partial charge in [-0.25, -0.2) is 4.79 Å². The van der Waals surface area contributed by atoms with Gasteiger partial charge >= 0.3 is 11.9 Å². The maximum absolute atomic E-state index is 12.4. The van der Waals surface area contributed by atoms with E-state index in [0.717, 1.165) is 9.13 Å². The lowest BCUT2D eigenvalue weighted by molar-refractivity contribution is -0.143. The maximum atomic E-state index is 12.4. The zero-order valence-corrected chi connectivity index (χ0v) is 12.6. The molecule has 0 radical (unpaired) electrons. The molecule has 0 amide bonds. The van der Waals surface area contributed by atoms with Crippen molar-refractivity contribution in [3.63, 3.8) is 0 Å². The maximum Gasteiger partial charge on any atom is 0.401 e. The van der Waals surface area contributed by atoms with Gasteiger partial charge in [-0.15, -0.1) is 0 Å². The number of alkyl halides is 3. The molecule has 0 saturated carbocycles. The van der Waals surface area contributed by atoms with Crippen LogP contribution in [0.1, 0.15) is 12.0 Å². The van der Waals surface area contributed by atoms with E-state index in [9.17, 15) is 22.8 Å². The van der Waals surface area contributed by atoms with Crippen molar-refractivity contribution in [1.29, 1.82) is 5.26 Å². The molecule has 1 saturated heterocycles. The van der Waals surface area contributed by atoms with E-state index in [4.69, 9.17) is 5.26 Å². The fourth-order valence-corrected chi connectivity index (χ4v) is 2.65. The van der Waals surface area contributed by atoms with Crippen LogP contribution in [0, 0.1) is 11.3 Å². The Morgan fingerprint density at radius 3 is 2.52 bits per heavy atom. The minimum atomic E-state index is -4.28. The van der Waals surface area contributed by atoms with Crippen LogP contribution >= 0.6 is 0 Å². The fraction of sp³-hybridized carbons (Fsp3) is 0.615. The van der Waals surface area contributed by atoms with E-state index in [1.54, 1.807) is 6.07 Å². The molecule has 0 bridgehead atoms. The van der Waals surface area contributed by atoms with E-state index in [0.29, 0.717) is 6.42 Å². The number of likely N-dealkylation sites (tertiary alicyclic amines) is 1. The van der Waals surface area contributed by atoms with Gasteiger partial charge in [-0.3, -0.25) is 18.8 Å². The second-order valence-corrected chi connectivity index (χ2v) is 5.52. The van der Waals surface area contributed by atoms with Gasteiger partial charge in [0.05, 0.1) is 6.54 Å². The smallest absolute Gasteiger partial charge is 0.366 e. The van der Waals surface area contributed by atoms with Crippen LogP contribution in [0.15, 0.2) is 9.59 Å². The fourth-order valence-electron chi connectivity index (χ4n) is 2.65. The van der Waals surface area contributed by atoms with Crippen LogP contribution in [0.3, 0.4) is 0 Å². The van der Waals surface area contributed by atoms with E-state index in [1.807, 2.05) is 0 Å². The van der Waals surface area contributed by atoms with Gasteiger partial charge in [0.25, 0.3) is 5.56 Å². The zero-order chi connectivity index (χ0) is 17.4. The van der Waals surface area contributed by atoms with Gasteiger partial charge in [0.2, 0.25) is 0 Å². The number of nitriles is 1. The second kappa shape index (κ2) is 6.08. The summed E-state index contributed by atoms with van der Waals surface area (Å²) in [6.07, 6.45) is -3.85. The highest BCUT2D eigenvalue weighted by Gasteiger charge is 2.34. The molecule has 0 spiro atoms. The topological polar surface area (TPSA) is 83.1 Å². The molecular weight excluding hydrogens is 315 g/mol. The van der Waals surface area contributed by atoms with Gasteiger partial charge in [-0.05, 0) is 6.42 Å². The Hall–Kier alpha value is -2.28. The third kappa shape index (κ3) is 3.56. The number of halogens is 3. The minimum Gasteiger partial charge on any atom is -0.366 e. The molecular formula is C13H16F3N5O2. The van der Waals surface area contributed by atoms with Crippen molar-refractivity contribution >= 4 is 5.82 Å². The van der Waals surface area contributed by atoms with Crippen molar-refractivity contribution in [3.8, 4) is 6.07 Å². The lowest BCUT2D eigenvalue weighted by Gasteiger charge is -2.20. The van der Waals surface area contributed by atoms with Crippen molar-refractivity contribution in [1.82, 2.24) is 14.0 Å². The number of aromatic nitrogens is 2. The Bertz CT molecular complexity index is 759. The molecule has 1 aliphatic rings. The molecule has 1 atom stereocenters. The summed E-state index contributed by atoms with van der Waals surface area (Å²) >= 11 is 0. The third-order valence-electron chi connectivity index (χ3n) is 3.79. The van der Waals surface area contributed by atoms with Crippen LogP contribution < -0.4 is 16.6 Å². The van der Waals surface area contributed by atoms with Crippen molar-refractivity contribution in [2.45, 2.75) is 18.6 Å². The highest BCUT2D eigenvalue weighted by Crippen LogP contribution is 2.21. The predicted octanol–water partition coefficient (Wildman–Crippen LogP) is 0.00418. The summed E-state index contributed by atoms with van der Waals surface area (Å²) in [6.45, 7) is -0.641. The Balaban J connectivity index is 2.24. The second-order valence-electron chi connectivity index (χ2n) is 5.52. The quantitative estimate of drug-likeness (QED) is 0.843. The van der Waals surface area contributed by atoms with Crippen LogP contribution in [0.4, 0.5) is 19.0 Å². The first-order chi connectivity index (χ1) is 10.6. The van der Waals surface area contributed by atoms with Crippen LogP contribution in [-0.2, 0) is 14.1 Å².